The van der Waals surface area contributed by atoms with Crippen molar-refractivity contribution in [3.63, 3.8) is 0 Å². The third kappa shape index (κ3) is 2.70. The predicted octanol–water partition coefficient (Wildman–Crippen LogP) is 2.10. The summed E-state index contributed by atoms with van der Waals surface area (Å²) < 4.78 is 13.8. The Morgan fingerprint density at radius 3 is 2.90 bits per heavy atom. The minimum absolute atomic E-state index is 0.0347. The van der Waals surface area contributed by atoms with Crippen LogP contribution < -0.4 is 5.32 Å². The fraction of sp³-hybridized carbons (Fsp3) is 0.467. The van der Waals surface area contributed by atoms with Crippen LogP contribution in [0.15, 0.2) is 23.1 Å². The maximum atomic E-state index is 13.8. The van der Waals surface area contributed by atoms with Gasteiger partial charge < -0.3 is 0 Å². The molecule has 0 radical (unpaired) electrons. The minimum atomic E-state index is -0.364. The number of nitrogens with one attached hydrogen (secondary N) is 1. The highest BCUT2D eigenvalue weighted by Crippen LogP contribution is 2.38. The van der Waals surface area contributed by atoms with E-state index in [2.05, 4.69) is 5.32 Å². The molecule has 1 fully saturated rings. The third-order valence-corrected chi connectivity index (χ3v) is 5.24. The number of likely N-dealkylation sites (N-methyl/N-ethyl adjacent to an activating group) is 1. The molecular weight excluding hydrogens is 291 g/mol. The van der Waals surface area contributed by atoms with Crippen LogP contribution in [0, 0.1) is 5.82 Å². The van der Waals surface area contributed by atoms with E-state index in [-0.39, 0.29) is 29.7 Å². The van der Waals surface area contributed by atoms with E-state index in [4.69, 9.17) is 0 Å². The van der Waals surface area contributed by atoms with Gasteiger partial charge in [0.2, 0.25) is 11.8 Å². The van der Waals surface area contributed by atoms with Gasteiger partial charge in [0.05, 0.1) is 6.04 Å². The van der Waals surface area contributed by atoms with Crippen molar-refractivity contribution in [1.29, 1.82) is 0 Å². The number of nitrogens with zero attached hydrogens (tertiary/aromatic N) is 1. The lowest BCUT2D eigenvalue weighted by molar-refractivity contribution is -0.148. The highest BCUT2D eigenvalue weighted by atomic mass is 32.2. The minimum Gasteiger partial charge on any atom is -0.299 e. The van der Waals surface area contributed by atoms with Gasteiger partial charge in [-0.3, -0.25) is 19.8 Å². The average Bonchev–Trinajstić information content (AvgIpc) is 2.49. The van der Waals surface area contributed by atoms with Gasteiger partial charge in [0.25, 0.3) is 0 Å². The molecule has 0 aliphatic carbocycles. The number of halogens is 1. The van der Waals surface area contributed by atoms with Gasteiger partial charge in [-0.1, -0.05) is 12.1 Å². The summed E-state index contributed by atoms with van der Waals surface area (Å²) in [5, 5.41) is 3.32. The average molecular weight is 308 g/mol. The fourth-order valence-corrected chi connectivity index (χ4v) is 4.01. The normalized spacial score (nSPS) is 25.9. The van der Waals surface area contributed by atoms with E-state index in [9.17, 15) is 14.0 Å². The van der Waals surface area contributed by atoms with Crippen molar-refractivity contribution < 1.29 is 14.0 Å². The van der Waals surface area contributed by atoms with Gasteiger partial charge in [-0.15, -0.1) is 11.8 Å². The highest BCUT2D eigenvalue weighted by Gasteiger charge is 2.34. The molecule has 2 unspecified atom stereocenters. The van der Waals surface area contributed by atoms with E-state index in [1.165, 1.54) is 29.8 Å². The van der Waals surface area contributed by atoms with Crippen LogP contribution in [0.25, 0.3) is 0 Å². The lowest BCUT2D eigenvalue weighted by Crippen LogP contribution is -2.52. The fourth-order valence-electron chi connectivity index (χ4n) is 2.87. The smallest absolute Gasteiger partial charge is 0.246 e. The summed E-state index contributed by atoms with van der Waals surface area (Å²) in [7, 11) is 1.52. The topological polar surface area (TPSA) is 49.4 Å². The van der Waals surface area contributed by atoms with Crippen LogP contribution in [-0.4, -0.2) is 35.6 Å². The van der Waals surface area contributed by atoms with E-state index < -0.39 is 0 Å². The van der Waals surface area contributed by atoms with Gasteiger partial charge in [0.1, 0.15) is 5.82 Å². The molecule has 2 aliphatic rings. The zero-order chi connectivity index (χ0) is 15.0. The van der Waals surface area contributed by atoms with Crippen molar-refractivity contribution in [2.45, 2.75) is 36.2 Å². The van der Waals surface area contributed by atoms with Crippen LogP contribution >= 0.6 is 11.8 Å². The second-order valence-corrected chi connectivity index (χ2v) is 6.50. The number of hydrogen-bond donors (Lipinski definition) is 1. The quantitative estimate of drug-likeness (QED) is 0.850. The molecule has 3 rings (SSSR count). The number of piperidine rings is 1. The van der Waals surface area contributed by atoms with Crippen molar-refractivity contribution in [2.24, 2.45) is 0 Å². The van der Waals surface area contributed by atoms with Crippen LogP contribution in [-0.2, 0) is 9.59 Å². The Hall–Kier alpha value is -1.40. The number of carbonyl (C=O) groups excluding carboxylic acids is 2. The van der Waals surface area contributed by atoms with E-state index >= 15 is 0 Å². The zero-order valence-electron chi connectivity index (χ0n) is 11.8. The van der Waals surface area contributed by atoms with E-state index in [0.717, 1.165) is 17.7 Å². The molecule has 0 spiro atoms. The summed E-state index contributed by atoms with van der Waals surface area (Å²) in [6.45, 7) is 0. The molecule has 6 heteroatoms. The second-order valence-electron chi connectivity index (χ2n) is 5.40. The molecule has 1 aromatic carbocycles. The molecule has 1 N–H and O–H groups in total. The van der Waals surface area contributed by atoms with E-state index in [1.807, 2.05) is 6.07 Å². The van der Waals surface area contributed by atoms with Crippen molar-refractivity contribution in [2.75, 3.05) is 12.8 Å². The van der Waals surface area contributed by atoms with Crippen molar-refractivity contribution in [3.8, 4) is 0 Å². The Kier molecular flexibility index (Phi) is 3.99. The summed E-state index contributed by atoms with van der Waals surface area (Å²) in [6, 6.07) is 4.67. The number of carbonyl (C=O) groups is 2. The van der Waals surface area contributed by atoms with E-state index in [1.54, 1.807) is 6.07 Å². The number of rotatable bonds is 2. The number of benzene rings is 1. The summed E-state index contributed by atoms with van der Waals surface area (Å²) in [5.41, 5.74) is 0.915. The molecule has 2 aliphatic heterocycles. The molecule has 2 atom stereocenters. The monoisotopic (exact) mass is 308 g/mol. The summed E-state index contributed by atoms with van der Waals surface area (Å²) in [6.07, 6.45) is 1.73. The van der Waals surface area contributed by atoms with Gasteiger partial charge >= 0.3 is 0 Å². The van der Waals surface area contributed by atoms with Gasteiger partial charge in [0.15, 0.2) is 0 Å². The maximum absolute atomic E-state index is 13.8. The van der Waals surface area contributed by atoms with Gasteiger partial charge in [-0.2, -0.15) is 0 Å². The SMILES string of the molecule is CN1C(=O)CCC(NC2CCSc3c(F)cccc32)C1=O. The highest BCUT2D eigenvalue weighted by molar-refractivity contribution is 7.99. The lowest BCUT2D eigenvalue weighted by atomic mass is 9.98. The molecular formula is C15H17FN2O2S. The Morgan fingerprint density at radius 2 is 2.10 bits per heavy atom. The van der Waals surface area contributed by atoms with Crippen LogP contribution in [0.1, 0.15) is 30.9 Å². The number of thioether (sulfide) groups is 1. The number of amides is 2. The van der Waals surface area contributed by atoms with E-state index in [0.29, 0.717) is 17.7 Å². The summed E-state index contributed by atoms with van der Waals surface area (Å²) in [4.78, 5) is 25.5. The number of imide groups is 1. The Balaban J connectivity index is 1.80. The zero-order valence-corrected chi connectivity index (χ0v) is 12.6. The molecule has 4 nitrogen and oxygen atoms in total. The standard InChI is InChI=1S/C15H17FN2O2S/c1-18-13(19)6-5-12(15(18)20)17-11-7-8-21-14-9(11)3-2-4-10(14)16/h2-4,11-12,17H,5-8H2,1H3. The first-order valence-electron chi connectivity index (χ1n) is 7.05. The Bertz CT molecular complexity index is 593. The molecule has 112 valence electrons. The third-order valence-electron chi connectivity index (χ3n) is 4.08. The molecule has 1 aromatic rings. The van der Waals surface area contributed by atoms with Gasteiger partial charge in [-0.05, 0) is 30.2 Å². The summed E-state index contributed by atoms with van der Waals surface area (Å²) in [5.74, 6) is 0.291. The molecule has 0 bridgehead atoms. The number of hydrogen-bond acceptors (Lipinski definition) is 4. The lowest BCUT2D eigenvalue weighted by Gasteiger charge is -2.33. The molecule has 21 heavy (non-hydrogen) atoms. The molecule has 2 amide bonds. The van der Waals surface area contributed by atoms with Crippen molar-refractivity contribution in [1.82, 2.24) is 10.2 Å². The Morgan fingerprint density at radius 1 is 1.29 bits per heavy atom. The number of fused-ring (bicyclic) bond motifs is 1. The first-order chi connectivity index (χ1) is 10.1. The molecule has 0 aromatic heterocycles. The maximum Gasteiger partial charge on any atom is 0.246 e. The largest absolute Gasteiger partial charge is 0.299 e. The Labute approximate surface area is 127 Å². The van der Waals surface area contributed by atoms with Crippen LogP contribution in [0.4, 0.5) is 4.39 Å². The van der Waals surface area contributed by atoms with Crippen LogP contribution in [0.3, 0.4) is 0 Å². The van der Waals surface area contributed by atoms with Crippen molar-refractivity contribution >= 4 is 23.6 Å². The van der Waals surface area contributed by atoms with Crippen LogP contribution in [0.5, 0.6) is 0 Å². The summed E-state index contributed by atoms with van der Waals surface area (Å²) >= 11 is 1.52. The van der Waals surface area contributed by atoms with Crippen molar-refractivity contribution in [3.05, 3.63) is 29.6 Å². The van der Waals surface area contributed by atoms with Crippen LogP contribution in [0.2, 0.25) is 0 Å². The number of likely N-dealkylation sites (tertiary alicyclic amines) is 1. The van der Waals surface area contributed by atoms with Gasteiger partial charge in [-0.25, -0.2) is 4.39 Å². The first-order valence-corrected chi connectivity index (χ1v) is 8.04. The second kappa shape index (κ2) is 5.77. The molecule has 1 saturated heterocycles. The molecule has 2 heterocycles. The first kappa shape index (κ1) is 14.5. The predicted molar refractivity (Wildman–Crippen MR) is 78.4 cm³/mol. The van der Waals surface area contributed by atoms with Gasteiger partial charge in [0, 0.05) is 24.4 Å². The molecule has 0 saturated carbocycles.